The Labute approximate surface area is 142 Å². The fraction of sp³-hybridized carbons (Fsp3) is 0.222. The molecule has 0 aromatic heterocycles. The van der Waals surface area contributed by atoms with E-state index in [0.717, 1.165) is 36.4 Å². The number of ether oxygens (including phenoxy) is 1. The van der Waals surface area contributed by atoms with Crippen molar-refractivity contribution < 1.29 is 4.74 Å². The van der Waals surface area contributed by atoms with Gasteiger partial charge in [0, 0.05) is 6.54 Å². The molecule has 0 saturated carbocycles. The SMILES string of the molecule is CCCCNC(=S)N/N=C\c1cccc(Oc2ccccc2)c1. The molecular weight excluding hydrogens is 306 g/mol. The maximum Gasteiger partial charge on any atom is 0.186 e. The minimum absolute atomic E-state index is 0.534. The highest BCUT2D eigenvalue weighted by molar-refractivity contribution is 7.80. The lowest BCUT2D eigenvalue weighted by molar-refractivity contribution is 0.482. The maximum atomic E-state index is 5.79. The van der Waals surface area contributed by atoms with Crippen LogP contribution in [0, 0.1) is 0 Å². The molecule has 2 rings (SSSR count). The molecule has 120 valence electrons. The van der Waals surface area contributed by atoms with E-state index in [-0.39, 0.29) is 0 Å². The summed E-state index contributed by atoms with van der Waals surface area (Å²) in [5, 5.41) is 7.76. The van der Waals surface area contributed by atoms with Gasteiger partial charge in [-0.25, -0.2) is 0 Å². The number of benzene rings is 2. The molecule has 0 radical (unpaired) electrons. The molecule has 2 aromatic rings. The molecule has 0 unspecified atom stereocenters. The highest BCUT2D eigenvalue weighted by Crippen LogP contribution is 2.21. The van der Waals surface area contributed by atoms with Crippen LogP contribution < -0.4 is 15.5 Å². The monoisotopic (exact) mass is 327 g/mol. The van der Waals surface area contributed by atoms with Gasteiger partial charge in [0.05, 0.1) is 6.21 Å². The van der Waals surface area contributed by atoms with E-state index in [9.17, 15) is 0 Å². The Bertz CT molecular complexity index is 644. The Hall–Kier alpha value is -2.40. The second-order valence-corrected chi connectivity index (χ2v) is 5.38. The minimum Gasteiger partial charge on any atom is -0.457 e. The fourth-order valence-corrected chi connectivity index (χ4v) is 2.02. The van der Waals surface area contributed by atoms with Gasteiger partial charge in [0.15, 0.2) is 5.11 Å². The van der Waals surface area contributed by atoms with E-state index in [1.165, 1.54) is 0 Å². The van der Waals surface area contributed by atoms with E-state index in [2.05, 4.69) is 22.8 Å². The first kappa shape index (κ1) is 17.0. The molecule has 0 bridgehead atoms. The van der Waals surface area contributed by atoms with Crippen molar-refractivity contribution in [2.45, 2.75) is 19.8 Å². The molecule has 0 spiro atoms. The van der Waals surface area contributed by atoms with Gasteiger partial charge in [-0.05, 0) is 48.5 Å². The van der Waals surface area contributed by atoms with Crippen molar-refractivity contribution in [3.05, 3.63) is 60.2 Å². The van der Waals surface area contributed by atoms with Crippen LogP contribution in [0.3, 0.4) is 0 Å². The molecule has 0 fully saturated rings. The Morgan fingerprint density at radius 3 is 2.70 bits per heavy atom. The first-order valence-electron chi connectivity index (χ1n) is 7.68. The molecular formula is C18H21N3OS. The maximum absolute atomic E-state index is 5.79. The lowest BCUT2D eigenvalue weighted by atomic mass is 10.2. The van der Waals surface area contributed by atoms with Gasteiger partial charge in [-0.3, -0.25) is 5.43 Å². The predicted octanol–water partition coefficient (Wildman–Crippen LogP) is 4.08. The average Bonchev–Trinajstić information content (AvgIpc) is 2.56. The fourth-order valence-electron chi connectivity index (χ4n) is 1.87. The summed E-state index contributed by atoms with van der Waals surface area (Å²) in [6.45, 7) is 3.00. The number of thiocarbonyl (C=S) groups is 1. The van der Waals surface area contributed by atoms with Crippen molar-refractivity contribution in [2.75, 3.05) is 6.54 Å². The summed E-state index contributed by atoms with van der Waals surface area (Å²) >= 11 is 5.13. The predicted molar refractivity (Wildman–Crippen MR) is 99.2 cm³/mol. The third kappa shape index (κ3) is 6.48. The zero-order chi connectivity index (χ0) is 16.3. The number of hydrazone groups is 1. The van der Waals surface area contributed by atoms with Crippen molar-refractivity contribution in [2.24, 2.45) is 5.10 Å². The van der Waals surface area contributed by atoms with Crippen LogP contribution >= 0.6 is 12.2 Å². The van der Waals surface area contributed by atoms with Crippen LogP contribution in [-0.2, 0) is 0 Å². The van der Waals surface area contributed by atoms with E-state index < -0.39 is 0 Å². The van der Waals surface area contributed by atoms with Gasteiger partial charge in [-0.2, -0.15) is 5.10 Å². The van der Waals surface area contributed by atoms with Gasteiger partial charge in [0.2, 0.25) is 0 Å². The normalized spacial score (nSPS) is 10.5. The van der Waals surface area contributed by atoms with E-state index in [1.54, 1.807) is 6.21 Å². The lowest BCUT2D eigenvalue weighted by Gasteiger charge is -2.06. The summed E-state index contributed by atoms with van der Waals surface area (Å²) < 4.78 is 5.79. The van der Waals surface area contributed by atoms with Crippen LogP contribution in [0.4, 0.5) is 0 Å². The van der Waals surface area contributed by atoms with Gasteiger partial charge in [0.1, 0.15) is 11.5 Å². The molecule has 0 aliphatic heterocycles. The Kier molecular flexibility index (Phi) is 7.07. The Morgan fingerprint density at radius 2 is 1.91 bits per heavy atom. The van der Waals surface area contributed by atoms with E-state index in [4.69, 9.17) is 17.0 Å². The molecule has 5 heteroatoms. The van der Waals surface area contributed by atoms with Crippen LogP contribution in [0.2, 0.25) is 0 Å². The lowest BCUT2D eigenvalue weighted by Crippen LogP contribution is -2.32. The number of nitrogens with one attached hydrogen (secondary N) is 2. The zero-order valence-corrected chi connectivity index (χ0v) is 14.0. The highest BCUT2D eigenvalue weighted by Gasteiger charge is 1.97. The summed E-state index contributed by atoms with van der Waals surface area (Å²) in [6, 6.07) is 17.4. The first-order valence-corrected chi connectivity index (χ1v) is 8.08. The zero-order valence-electron chi connectivity index (χ0n) is 13.2. The number of rotatable bonds is 7. The molecule has 0 atom stereocenters. The van der Waals surface area contributed by atoms with Crippen LogP contribution in [0.5, 0.6) is 11.5 Å². The number of para-hydroxylation sites is 1. The first-order chi connectivity index (χ1) is 11.3. The Balaban J connectivity index is 1.87. The number of nitrogens with zero attached hydrogens (tertiary/aromatic N) is 1. The second-order valence-electron chi connectivity index (χ2n) is 4.97. The van der Waals surface area contributed by atoms with Crippen LogP contribution in [0.1, 0.15) is 25.3 Å². The van der Waals surface area contributed by atoms with Crippen molar-refractivity contribution in [1.82, 2.24) is 10.7 Å². The third-order valence-corrected chi connectivity index (χ3v) is 3.27. The van der Waals surface area contributed by atoms with Crippen molar-refractivity contribution in [1.29, 1.82) is 0 Å². The van der Waals surface area contributed by atoms with Crippen LogP contribution in [0.15, 0.2) is 59.7 Å². The molecule has 0 heterocycles. The summed E-state index contributed by atoms with van der Waals surface area (Å²) in [5.74, 6) is 1.57. The van der Waals surface area contributed by atoms with Crippen LogP contribution in [0.25, 0.3) is 0 Å². The van der Waals surface area contributed by atoms with Gasteiger partial charge in [0.25, 0.3) is 0 Å². The largest absolute Gasteiger partial charge is 0.457 e. The van der Waals surface area contributed by atoms with Crippen molar-refractivity contribution in [3.63, 3.8) is 0 Å². The van der Waals surface area contributed by atoms with Crippen LogP contribution in [-0.4, -0.2) is 17.9 Å². The molecule has 2 aromatic carbocycles. The Morgan fingerprint density at radius 1 is 1.13 bits per heavy atom. The van der Waals surface area contributed by atoms with E-state index in [1.807, 2.05) is 54.6 Å². The van der Waals surface area contributed by atoms with Gasteiger partial charge in [-0.15, -0.1) is 0 Å². The third-order valence-electron chi connectivity index (χ3n) is 3.03. The molecule has 0 aliphatic carbocycles. The molecule has 0 saturated heterocycles. The van der Waals surface area contributed by atoms with Gasteiger partial charge >= 0.3 is 0 Å². The summed E-state index contributed by atoms with van der Waals surface area (Å²) in [7, 11) is 0. The summed E-state index contributed by atoms with van der Waals surface area (Å²) in [5.41, 5.74) is 3.74. The van der Waals surface area contributed by atoms with Crippen molar-refractivity contribution in [3.8, 4) is 11.5 Å². The smallest absolute Gasteiger partial charge is 0.186 e. The highest BCUT2D eigenvalue weighted by atomic mass is 32.1. The molecule has 0 aliphatic rings. The molecule has 0 amide bonds. The minimum atomic E-state index is 0.534. The van der Waals surface area contributed by atoms with Crippen molar-refractivity contribution >= 4 is 23.5 Å². The summed E-state index contributed by atoms with van der Waals surface area (Å²) in [6.07, 6.45) is 3.93. The van der Waals surface area contributed by atoms with Gasteiger partial charge in [-0.1, -0.05) is 43.7 Å². The quantitative estimate of drug-likeness (QED) is 0.348. The van der Waals surface area contributed by atoms with Gasteiger partial charge < -0.3 is 10.1 Å². The average molecular weight is 327 g/mol. The number of hydrogen-bond acceptors (Lipinski definition) is 3. The molecule has 23 heavy (non-hydrogen) atoms. The standard InChI is InChI=1S/C18H21N3OS/c1-2-3-12-19-18(23)21-20-14-15-8-7-11-17(13-15)22-16-9-5-4-6-10-16/h4-11,13-14H,2-3,12H2,1H3,(H2,19,21,23)/b20-14-. The van der Waals surface area contributed by atoms with E-state index in [0.29, 0.717) is 5.11 Å². The summed E-state index contributed by atoms with van der Waals surface area (Å²) in [4.78, 5) is 0. The molecule has 2 N–H and O–H groups in total. The number of unbranched alkanes of at least 4 members (excludes halogenated alkanes) is 1. The van der Waals surface area contributed by atoms with E-state index >= 15 is 0 Å². The molecule has 4 nitrogen and oxygen atoms in total. The topological polar surface area (TPSA) is 45.7 Å². The second kappa shape index (κ2) is 9.58. The number of hydrogen-bond donors (Lipinski definition) is 2.